The van der Waals surface area contributed by atoms with Crippen molar-refractivity contribution >= 4 is 17.2 Å². The lowest BCUT2D eigenvalue weighted by atomic mass is 9.60. The van der Waals surface area contributed by atoms with Crippen molar-refractivity contribution in [3.63, 3.8) is 0 Å². The monoisotopic (exact) mass is 676 g/mol. The average molecular weight is 677 g/mol. The number of rotatable bonds is 6. The van der Waals surface area contributed by atoms with Crippen molar-refractivity contribution in [1.29, 1.82) is 0 Å². The fourth-order valence-corrected chi connectivity index (χ4v) is 5.10. The molecular weight excluding hydrogens is 618 g/mol. The first kappa shape index (κ1) is 43.9. The van der Waals surface area contributed by atoms with Gasteiger partial charge in [-0.25, -0.2) is 0 Å². The molecule has 0 atom stereocenters. The second-order valence-corrected chi connectivity index (χ2v) is 16.6. The molecule has 0 spiro atoms. The van der Waals surface area contributed by atoms with Crippen molar-refractivity contribution in [2.24, 2.45) is 5.41 Å². The quantitative estimate of drug-likeness (QED) is 0.195. The summed E-state index contributed by atoms with van der Waals surface area (Å²) in [7, 11) is -5.24. The van der Waals surface area contributed by atoms with E-state index in [0.717, 1.165) is 22.3 Å². The van der Waals surface area contributed by atoms with E-state index in [1.54, 1.807) is 0 Å². The fourth-order valence-electron chi connectivity index (χ4n) is 5.10. The molecule has 2 aromatic rings. The number of hydrogen-bond acceptors (Lipinski definition) is 10. The number of hydrogen-bond donors (Lipinski definition) is 10. The van der Waals surface area contributed by atoms with Gasteiger partial charge in [-0.3, -0.25) is 0 Å². The fraction of sp³-hybridized carbons (Fsp3) is 0.636. The van der Waals surface area contributed by atoms with Crippen LogP contribution in [0.5, 0.6) is 0 Å². The third-order valence-corrected chi connectivity index (χ3v) is 7.84. The smallest absolute Gasteiger partial charge is 0.324 e. The lowest BCUT2D eigenvalue weighted by molar-refractivity contribution is -0.137. The highest BCUT2D eigenvalue weighted by Gasteiger charge is 2.55. The molecule has 0 aromatic heterocycles. The Morgan fingerprint density at radius 3 is 0.867 bits per heavy atom. The molecule has 0 aliphatic rings. The maximum Gasteiger partial charge on any atom is 0.324 e. The minimum atomic E-state index is -2.62. The number of aliphatic hydroxyl groups excluding tert-OH is 3. The Morgan fingerprint density at radius 2 is 0.689 bits per heavy atom. The zero-order chi connectivity index (χ0) is 36.0. The SMILES string of the molecule is CC(C)(C)c1ccc(C(O)(c2ccc(C(C)(C)C)cc2C(C)(C)C)C(CO)(CO)CO)c(C(C)(C)C)c1.OP(O)O.OP(O)O. The average Bonchev–Trinajstić information content (AvgIpc) is 2.86. The van der Waals surface area contributed by atoms with Crippen LogP contribution in [0, 0.1) is 5.41 Å². The largest absolute Gasteiger partial charge is 0.395 e. The van der Waals surface area contributed by atoms with Gasteiger partial charge in [-0.15, -0.1) is 0 Å². The summed E-state index contributed by atoms with van der Waals surface area (Å²) in [5.74, 6) is 0. The van der Waals surface area contributed by atoms with E-state index in [9.17, 15) is 20.4 Å². The van der Waals surface area contributed by atoms with Gasteiger partial charge in [0.2, 0.25) is 0 Å². The standard InChI is InChI=1S/C33H52O4.2H3O3P/c1-28(2,3)22-13-15-24(26(17-22)30(7,8)9)33(37,32(19-34,20-35)21-36)25-16-14-23(29(4,5)6)18-27(25)31(10,11)12;2*1-4(2)3/h13-18,34-37H,19-21H2,1-12H3;2*1-3H. The van der Waals surface area contributed by atoms with E-state index >= 15 is 0 Å². The maximum atomic E-state index is 13.1. The highest BCUT2D eigenvalue weighted by molar-refractivity contribution is 7.38. The summed E-state index contributed by atoms with van der Waals surface area (Å²) in [4.78, 5) is 43.4. The predicted molar refractivity (Wildman–Crippen MR) is 182 cm³/mol. The Morgan fingerprint density at radius 1 is 0.444 bits per heavy atom. The van der Waals surface area contributed by atoms with Crippen LogP contribution in [0.2, 0.25) is 0 Å². The van der Waals surface area contributed by atoms with Gasteiger partial charge in [0.05, 0.1) is 25.2 Å². The van der Waals surface area contributed by atoms with Gasteiger partial charge in [-0.2, -0.15) is 0 Å². The Hall–Kier alpha value is -1.10. The number of benzene rings is 2. The summed E-state index contributed by atoms with van der Waals surface area (Å²) in [6.45, 7) is 23.8. The first-order chi connectivity index (χ1) is 20.1. The van der Waals surface area contributed by atoms with Crippen molar-refractivity contribution in [3.05, 3.63) is 69.8 Å². The van der Waals surface area contributed by atoms with Gasteiger partial charge in [0, 0.05) is 0 Å². The molecule has 2 aromatic carbocycles. The van der Waals surface area contributed by atoms with Gasteiger partial charge in [0.1, 0.15) is 5.60 Å². The van der Waals surface area contributed by atoms with Crippen LogP contribution in [-0.2, 0) is 27.3 Å². The van der Waals surface area contributed by atoms with Crippen LogP contribution in [0.3, 0.4) is 0 Å². The van der Waals surface area contributed by atoms with Crippen molar-refractivity contribution in [1.82, 2.24) is 0 Å². The lowest BCUT2D eigenvalue weighted by Gasteiger charge is -2.49. The molecule has 0 bridgehead atoms. The second-order valence-electron chi connectivity index (χ2n) is 15.5. The Labute approximate surface area is 272 Å². The first-order valence-electron chi connectivity index (χ1n) is 14.7. The third kappa shape index (κ3) is 11.5. The zero-order valence-corrected chi connectivity index (χ0v) is 30.7. The van der Waals surface area contributed by atoms with E-state index < -0.39 is 48.0 Å². The summed E-state index contributed by atoms with van der Waals surface area (Å²) >= 11 is 0. The van der Waals surface area contributed by atoms with Crippen LogP contribution in [0.15, 0.2) is 36.4 Å². The Kier molecular flexibility index (Phi) is 15.9. The van der Waals surface area contributed by atoms with E-state index in [1.165, 1.54) is 0 Å². The van der Waals surface area contributed by atoms with Gasteiger partial charge >= 0.3 is 17.2 Å². The normalized spacial score (nSPS) is 13.3. The van der Waals surface area contributed by atoms with Gasteiger partial charge < -0.3 is 49.8 Å². The van der Waals surface area contributed by atoms with E-state index in [2.05, 4.69) is 95.2 Å². The van der Waals surface area contributed by atoms with Crippen molar-refractivity contribution < 1.29 is 49.8 Å². The highest BCUT2D eigenvalue weighted by Crippen LogP contribution is 2.51. The molecule has 0 amide bonds. The van der Waals surface area contributed by atoms with Crippen LogP contribution in [0.1, 0.15) is 116 Å². The van der Waals surface area contributed by atoms with E-state index in [1.807, 2.05) is 24.3 Å². The summed E-state index contributed by atoms with van der Waals surface area (Å²) in [5.41, 5.74) is 0.863. The molecule has 10 N–H and O–H groups in total. The molecule has 260 valence electrons. The molecule has 45 heavy (non-hydrogen) atoms. The highest BCUT2D eigenvalue weighted by atomic mass is 31.2. The van der Waals surface area contributed by atoms with Gasteiger partial charge in [-0.05, 0) is 55.0 Å². The van der Waals surface area contributed by atoms with Crippen LogP contribution in [0.25, 0.3) is 0 Å². The minimum Gasteiger partial charge on any atom is -0.395 e. The number of aliphatic hydroxyl groups is 4. The van der Waals surface area contributed by atoms with Crippen molar-refractivity contribution in [3.8, 4) is 0 Å². The topological polar surface area (TPSA) is 202 Å². The lowest BCUT2D eigenvalue weighted by Crippen LogP contribution is -2.55. The van der Waals surface area contributed by atoms with E-state index in [4.69, 9.17) is 29.4 Å². The summed E-state index contributed by atoms with van der Waals surface area (Å²) < 4.78 is 0. The summed E-state index contributed by atoms with van der Waals surface area (Å²) in [6.07, 6.45) is 0. The van der Waals surface area contributed by atoms with Crippen LogP contribution >= 0.6 is 17.2 Å². The zero-order valence-electron chi connectivity index (χ0n) is 29.0. The molecule has 0 aliphatic carbocycles. The molecule has 2 rings (SSSR count). The van der Waals surface area contributed by atoms with Crippen molar-refractivity contribution in [2.45, 2.75) is 110 Å². The molecule has 0 saturated heterocycles. The first-order valence-corrected chi connectivity index (χ1v) is 17.1. The minimum absolute atomic E-state index is 0.108. The van der Waals surface area contributed by atoms with Crippen LogP contribution in [0.4, 0.5) is 0 Å². The molecule has 10 nitrogen and oxygen atoms in total. The predicted octanol–water partition coefficient (Wildman–Crippen LogP) is 4.46. The molecule has 0 saturated carbocycles. The molecule has 0 fully saturated rings. The van der Waals surface area contributed by atoms with Crippen LogP contribution < -0.4 is 0 Å². The third-order valence-electron chi connectivity index (χ3n) is 7.84. The van der Waals surface area contributed by atoms with E-state index in [0.29, 0.717) is 11.1 Å². The van der Waals surface area contributed by atoms with Crippen molar-refractivity contribution in [2.75, 3.05) is 19.8 Å². The second kappa shape index (κ2) is 16.3. The molecule has 0 aliphatic heterocycles. The maximum absolute atomic E-state index is 13.1. The molecule has 0 heterocycles. The molecule has 12 heteroatoms. The van der Waals surface area contributed by atoms with Gasteiger partial charge in [0.25, 0.3) is 0 Å². The van der Waals surface area contributed by atoms with E-state index in [-0.39, 0.29) is 21.7 Å². The molecular formula is C33H58O10P2. The van der Waals surface area contributed by atoms with Gasteiger partial charge in [-0.1, -0.05) is 119 Å². The Balaban J connectivity index is 0.00000215. The van der Waals surface area contributed by atoms with Crippen LogP contribution in [-0.4, -0.2) is 69.6 Å². The molecule has 0 radical (unpaired) electrons. The van der Waals surface area contributed by atoms with Gasteiger partial charge in [0.15, 0.2) is 0 Å². The Bertz CT molecular complexity index is 1100. The summed E-state index contributed by atoms with van der Waals surface area (Å²) in [6, 6.07) is 12.2. The summed E-state index contributed by atoms with van der Waals surface area (Å²) in [5, 5.41) is 45.2. The molecule has 0 unspecified atom stereocenters.